The number of benzene rings is 1. The van der Waals surface area contributed by atoms with E-state index in [1.807, 2.05) is 0 Å². The minimum atomic E-state index is -3.06. The fourth-order valence-electron chi connectivity index (χ4n) is 3.63. The van der Waals surface area contributed by atoms with Crippen molar-refractivity contribution in [2.45, 2.75) is 43.0 Å². The summed E-state index contributed by atoms with van der Waals surface area (Å²) in [4.78, 5) is 14.2. The lowest BCUT2D eigenvalue weighted by molar-refractivity contribution is -0.137. The second kappa shape index (κ2) is 6.11. The predicted octanol–water partition coefficient (Wildman–Crippen LogP) is 1.77. The molecule has 0 radical (unpaired) electrons. The van der Waals surface area contributed by atoms with Gasteiger partial charge >= 0.3 is 0 Å². The molecule has 23 heavy (non-hydrogen) atoms. The Morgan fingerprint density at radius 2 is 1.78 bits per heavy atom. The molecule has 1 aromatic rings. The number of sulfone groups is 1. The van der Waals surface area contributed by atoms with Crippen LogP contribution in [-0.4, -0.2) is 49.4 Å². The number of hydrogen-bond acceptors (Lipinski definition) is 4. The van der Waals surface area contributed by atoms with Crippen LogP contribution in [0, 0.1) is 5.82 Å². The molecule has 5 nitrogen and oxygen atoms in total. The van der Waals surface area contributed by atoms with Gasteiger partial charge in [0.1, 0.15) is 21.4 Å². The maximum Gasteiger partial charge on any atom is 0.261 e. The van der Waals surface area contributed by atoms with Crippen LogP contribution >= 0.6 is 0 Å². The zero-order valence-corrected chi connectivity index (χ0v) is 13.8. The van der Waals surface area contributed by atoms with Crippen LogP contribution in [0.4, 0.5) is 4.39 Å². The molecule has 2 saturated heterocycles. The van der Waals surface area contributed by atoms with Gasteiger partial charge in [-0.15, -0.1) is 0 Å². The van der Waals surface area contributed by atoms with E-state index in [0.717, 1.165) is 12.8 Å². The van der Waals surface area contributed by atoms with Crippen LogP contribution in [0.3, 0.4) is 0 Å². The van der Waals surface area contributed by atoms with Gasteiger partial charge in [-0.05, 0) is 49.9 Å². The van der Waals surface area contributed by atoms with E-state index in [1.54, 1.807) is 4.90 Å². The maximum atomic E-state index is 12.8. The number of carbonyl (C=O) groups is 1. The molecule has 3 atom stereocenters. The number of halogens is 1. The normalized spacial score (nSPS) is 27.0. The van der Waals surface area contributed by atoms with Crippen molar-refractivity contribution in [2.24, 2.45) is 0 Å². The number of hydrogen-bond donors (Lipinski definition) is 0. The third-order valence-corrected chi connectivity index (χ3v) is 6.36. The van der Waals surface area contributed by atoms with Gasteiger partial charge in [-0.1, -0.05) is 0 Å². The molecule has 0 aromatic heterocycles. The molecule has 1 unspecified atom stereocenters. The van der Waals surface area contributed by atoms with E-state index in [4.69, 9.17) is 4.74 Å². The van der Waals surface area contributed by atoms with Crippen LogP contribution in [0.15, 0.2) is 24.3 Å². The van der Waals surface area contributed by atoms with Crippen molar-refractivity contribution >= 4 is 15.7 Å². The number of carbonyl (C=O) groups excluding carboxylic acids is 1. The molecular weight excluding hydrogens is 321 g/mol. The van der Waals surface area contributed by atoms with Gasteiger partial charge < -0.3 is 9.64 Å². The minimum absolute atomic E-state index is 0.0159. The molecule has 0 aliphatic carbocycles. The summed E-state index contributed by atoms with van der Waals surface area (Å²) in [5.74, 6) is -0.0449. The van der Waals surface area contributed by atoms with Crippen LogP contribution in [-0.2, 0) is 14.6 Å². The molecule has 2 heterocycles. The van der Waals surface area contributed by atoms with Gasteiger partial charge in [0.25, 0.3) is 5.91 Å². The topological polar surface area (TPSA) is 63.7 Å². The summed E-state index contributed by atoms with van der Waals surface area (Å²) in [6.07, 6.45) is 3.99. The Morgan fingerprint density at radius 1 is 1.22 bits per heavy atom. The number of amides is 1. The summed E-state index contributed by atoms with van der Waals surface area (Å²) >= 11 is 0. The van der Waals surface area contributed by atoms with Crippen molar-refractivity contribution in [3.8, 4) is 5.75 Å². The first-order valence-corrected chi connectivity index (χ1v) is 9.68. The molecule has 2 aliphatic heterocycles. The standard InChI is InChI=1S/C16H20FNO4S/c1-23(20,21)15-8-12-4-5-13(9-15)18(12)16(19)10-22-14-6-2-11(17)3-7-14/h2-3,6-7,12-13,15H,4-5,8-10H2,1H3/t12-,13+,15?. The lowest BCUT2D eigenvalue weighted by Crippen LogP contribution is -2.51. The van der Waals surface area contributed by atoms with Crippen LogP contribution in [0.5, 0.6) is 5.75 Å². The van der Waals surface area contributed by atoms with Crippen LogP contribution in [0.2, 0.25) is 0 Å². The van der Waals surface area contributed by atoms with E-state index in [-0.39, 0.29) is 35.7 Å². The van der Waals surface area contributed by atoms with E-state index >= 15 is 0 Å². The molecule has 1 aromatic carbocycles. The Kier molecular flexibility index (Phi) is 4.31. The van der Waals surface area contributed by atoms with Crippen molar-refractivity contribution in [3.05, 3.63) is 30.1 Å². The van der Waals surface area contributed by atoms with Gasteiger partial charge in [0.15, 0.2) is 6.61 Å². The lowest BCUT2D eigenvalue weighted by atomic mass is 10.0. The molecule has 0 spiro atoms. The van der Waals surface area contributed by atoms with Crippen LogP contribution in [0.1, 0.15) is 25.7 Å². The fourth-order valence-corrected chi connectivity index (χ4v) is 4.78. The first-order valence-electron chi connectivity index (χ1n) is 7.73. The van der Waals surface area contributed by atoms with Gasteiger partial charge in [0, 0.05) is 18.3 Å². The second-order valence-electron chi connectivity index (χ2n) is 6.35. The predicted molar refractivity (Wildman–Crippen MR) is 83.4 cm³/mol. The van der Waals surface area contributed by atoms with Crippen molar-refractivity contribution in [1.29, 1.82) is 0 Å². The number of rotatable bonds is 4. The van der Waals surface area contributed by atoms with Gasteiger partial charge in [-0.2, -0.15) is 0 Å². The van der Waals surface area contributed by atoms with Crippen molar-refractivity contribution in [3.63, 3.8) is 0 Å². The Balaban J connectivity index is 1.62. The van der Waals surface area contributed by atoms with E-state index in [2.05, 4.69) is 0 Å². The highest BCUT2D eigenvalue weighted by molar-refractivity contribution is 7.91. The number of piperidine rings is 1. The number of nitrogens with zero attached hydrogens (tertiary/aromatic N) is 1. The summed E-state index contributed by atoms with van der Waals surface area (Å²) in [7, 11) is -3.06. The molecule has 126 valence electrons. The minimum Gasteiger partial charge on any atom is -0.484 e. The largest absolute Gasteiger partial charge is 0.484 e. The molecular formula is C16H20FNO4S. The number of fused-ring (bicyclic) bond motifs is 2. The van der Waals surface area contributed by atoms with Crippen molar-refractivity contribution in [2.75, 3.05) is 12.9 Å². The molecule has 0 saturated carbocycles. The molecule has 0 N–H and O–H groups in total. The molecule has 2 aliphatic rings. The molecule has 7 heteroatoms. The average molecular weight is 341 g/mol. The highest BCUT2D eigenvalue weighted by Gasteiger charge is 2.45. The van der Waals surface area contributed by atoms with E-state index in [0.29, 0.717) is 18.6 Å². The summed E-state index contributed by atoms with van der Waals surface area (Å²) < 4.78 is 41.8. The Labute approximate surface area is 135 Å². The zero-order valence-electron chi connectivity index (χ0n) is 12.9. The maximum absolute atomic E-state index is 12.8. The Bertz CT molecular complexity index is 675. The lowest BCUT2D eigenvalue weighted by Gasteiger charge is -2.38. The van der Waals surface area contributed by atoms with Crippen LogP contribution in [0.25, 0.3) is 0 Å². The van der Waals surface area contributed by atoms with Gasteiger partial charge in [-0.3, -0.25) is 4.79 Å². The van der Waals surface area contributed by atoms with Crippen molar-refractivity contribution in [1.82, 2.24) is 4.90 Å². The summed E-state index contributed by atoms with van der Waals surface area (Å²) in [5.41, 5.74) is 0. The fraction of sp³-hybridized carbons (Fsp3) is 0.562. The monoisotopic (exact) mass is 341 g/mol. The third kappa shape index (κ3) is 3.49. The van der Waals surface area contributed by atoms with E-state index < -0.39 is 9.84 Å². The van der Waals surface area contributed by atoms with Gasteiger partial charge in [-0.25, -0.2) is 12.8 Å². The number of ether oxygens (including phenoxy) is 1. The SMILES string of the molecule is CS(=O)(=O)C1C[C@H]2CC[C@@H](C1)N2C(=O)COc1ccc(F)cc1. The molecule has 1 amide bonds. The quantitative estimate of drug-likeness (QED) is 0.837. The van der Waals surface area contributed by atoms with Gasteiger partial charge in [0.2, 0.25) is 0 Å². The van der Waals surface area contributed by atoms with E-state index in [1.165, 1.54) is 30.5 Å². The Morgan fingerprint density at radius 3 is 2.30 bits per heavy atom. The first kappa shape index (κ1) is 16.2. The molecule has 2 fully saturated rings. The highest BCUT2D eigenvalue weighted by atomic mass is 32.2. The average Bonchev–Trinajstić information content (AvgIpc) is 2.75. The Hall–Kier alpha value is -1.63. The summed E-state index contributed by atoms with van der Waals surface area (Å²) in [6, 6.07) is 5.48. The van der Waals surface area contributed by atoms with Gasteiger partial charge in [0.05, 0.1) is 5.25 Å². The highest BCUT2D eigenvalue weighted by Crippen LogP contribution is 2.38. The van der Waals surface area contributed by atoms with E-state index in [9.17, 15) is 17.6 Å². The van der Waals surface area contributed by atoms with Crippen LogP contribution < -0.4 is 4.74 Å². The summed E-state index contributed by atoms with van der Waals surface area (Å²) in [5, 5.41) is -0.345. The zero-order chi connectivity index (χ0) is 16.6. The first-order chi connectivity index (χ1) is 10.8. The smallest absolute Gasteiger partial charge is 0.261 e. The van der Waals surface area contributed by atoms with Crippen molar-refractivity contribution < 1.29 is 22.3 Å². The molecule has 2 bridgehead atoms. The second-order valence-corrected chi connectivity index (χ2v) is 8.68. The molecule has 3 rings (SSSR count). The summed E-state index contributed by atoms with van der Waals surface area (Å²) in [6.45, 7) is -0.109. The third-order valence-electron chi connectivity index (χ3n) is 4.76.